The second-order valence-electron chi connectivity index (χ2n) is 4.58. The maximum Gasteiger partial charge on any atom is 0.333 e. The number of aliphatic hydroxyl groups is 1. The summed E-state index contributed by atoms with van der Waals surface area (Å²) in [6.45, 7) is 5.42. The van der Waals surface area contributed by atoms with Gasteiger partial charge in [-0.3, -0.25) is 4.90 Å². The van der Waals surface area contributed by atoms with Gasteiger partial charge in [0.05, 0.1) is 12.6 Å². The van der Waals surface area contributed by atoms with Crippen molar-refractivity contribution in [2.45, 2.75) is 32.4 Å². The van der Waals surface area contributed by atoms with Crippen molar-refractivity contribution < 1.29 is 14.6 Å². The van der Waals surface area contributed by atoms with Crippen molar-refractivity contribution in [1.82, 2.24) is 4.90 Å². The molecule has 2 heterocycles. The van der Waals surface area contributed by atoms with Gasteiger partial charge in [-0.05, 0) is 25.8 Å². The van der Waals surface area contributed by atoms with Crippen LogP contribution in [0.25, 0.3) is 0 Å². The van der Waals surface area contributed by atoms with Crippen molar-refractivity contribution in [2.24, 2.45) is 0 Å². The number of fused-ring (bicyclic) bond motifs is 1. The lowest BCUT2D eigenvalue weighted by Crippen LogP contribution is -2.35. The molecule has 0 bridgehead atoms. The summed E-state index contributed by atoms with van der Waals surface area (Å²) in [4.78, 5) is 14.0. The fourth-order valence-corrected chi connectivity index (χ4v) is 2.49. The predicted octanol–water partition coefficient (Wildman–Crippen LogP) is 0.871. The van der Waals surface area contributed by atoms with Gasteiger partial charge in [0.15, 0.2) is 0 Å². The zero-order valence-corrected chi connectivity index (χ0v) is 10.3. The minimum atomic E-state index is -0.247. The molecule has 0 aromatic rings. The molecule has 4 heteroatoms. The molecule has 0 amide bonds. The van der Waals surface area contributed by atoms with Gasteiger partial charge in [0.1, 0.15) is 6.10 Å². The second-order valence-corrected chi connectivity index (χ2v) is 4.58. The number of carbonyl (C=O) groups excluding carboxylic acids is 1. The van der Waals surface area contributed by atoms with E-state index in [0.717, 1.165) is 25.1 Å². The van der Waals surface area contributed by atoms with Crippen LogP contribution in [0.2, 0.25) is 0 Å². The fourth-order valence-electron chi connectivity index (χ4n) is 2.49. The first-order valence-electron chi connectivity index (χ1n) is 6.05. The Hall–Kier alpha value is -1.13. The largest absolute Gasteiger partial charge is 0.457 e. The number of hydrogen-bond donors (Lipinski definition) is 1. The molecule has 0 spiro atoms. The molecule has 0 aromatic heterocycles. The molecule has 2 atom stereocenters. The zero-order valence-electron chi connectivity index (χ0n) is 10.3. The minimum absolute atomic E-state index is 0.0534. The molecule has 2 aliphatic heterocycles. The van der Waals surface area contributed by atoms with E-state index in [1.54, 1.807) is 13.0 Å². The van der Waals surface area contributed by atoms with Crippen molar-refractivity contribution in [2.75, 3.05) is 19.7 Å². The van der Waals surface area contributed by atoms with Gasteiger partial charge >= 0.3 is 5.97 Å². The summed E-state index contributed by atoms with van der Waals surface area (Å²) < 4.78 is 5.51. The molecule has 94 valence electrons. The number of ether oxygens (including phenoxy) is 1. The minimum Gasteiger partial charge on any atom is -0.457 e. The lowest BCUT2D eigenvalue weighted by molar-refractivity contribution is -0.144. The van der Waals surface area contributed by atoms with Crippen molar-refractivity contribution in [1.29, 1.82) is 0 Å². The maximum absolute atomic E-state index is 11.7. The van der Waals surface area contributed by atoms with Crippen LogP contribution in [0.1, 0.15) is 20.3 Å². The number of carbonyl (C=O) groups is 1. The molecular weight excluding hydrogens is 218 g/mol. The third-order valence-corrected chi connectivity index (χ3v) is 3.61. The molecule has 0 saturated carbocycles. The highest BCUT2D eigenvalue weighted by molar-refractivity contribution is 5.87. The summed E-state index contributed by atoms with van der Waals surface area (Å²) in [5.41, 5.74) is 1.62. The lowest BCUT2D eigenvalue weighted by Gasteiger charge is -2.23. The van der Waals surface area contributed by atoms with Gasteiger partial charge in [0.25, 0.3) is 0 Å². The Morgan fingerprint density at radius 2 is 2.47 bits per heavy atom. The zero-order chi connectivity index (χ0) is 12.4. The fraction of sp³-hybridized carbons (Fsp3) is 0.615. The van der Waals surface area contributed by atoms with Crippen LogP contribution in [-0.4, -0.2) is 47.8 Å². The molecule has 4 nitrogen and oxygen atoms in total. The molecule has 0 aromatic carbocycles. The summed E-state index contributed by atoms with van der Waals surface area (Å²) in [5.74, 6) is -0.247. The molecule has 17 heavy (non-hydrogen) atoms. The van der Waals surface area contributed by atoms with Gasteiger partial charge in [0, 0.05) is 18.7 Å². The number of esters is 1. The summed E-state index contributed by atoms with van der Waals surface area (Å²) in [7, 11) is 0. The summed E-state index contributed by atoms with van der Waals surface area (Å²) in [6, 6.07) is 0.0913. The highest BCUT2D eigenvalue weighted by Crippen LogP contribution is 2.31. The van der Waals surface area contributed by atoms with E-state index >= 15 is 0 Å². The van der Waals surface area contributed by atoms with Crippen LogP contribution in [0.15, 0.2) is 23.3 Å². The third-order valence-electron chi connectivity index (χ3n) is 3.61. The Bertz CT molecular complexity index is 373. The van der Waals surface area contributed by atoms with E-state index in [1.807, 2.05) is 13.0 Å². The quantitative estimate of drug-likeness (QED) is 0.449. The summed E-state index contributed by atoms with van der Waals surface area (Å²) in [5, 5.41) is 9.27. The highest BCUT2D eigenvalue weighted by Gasteiger charge is 2.41. The highest BCUT2D eigenvalue weighted by atomic mass is 16.5. The number of allylic oxidation sites excluding steroid dienone is 1. The van der Waals surface area contributed by atoms with Crippen molar-refractivity contribution >= 4 is 5.97 Å². The van der Waals surface area contributed by atoms with Crippen molar-refractivity contribution in [3.05, 3.63) is 23.3 Å². The first-order valence-corrected chi connectivity index (χ1v) is 6.05. The van der Waals surface area contributed by atoms with Gasteiger partial charge in [0.2, 0.25) is 0 Å². The SMILES string of the molecule is C/C=C(\C)C(=O)O[C@H]1CCN2CC=C(CO)[C@H]12. The molecule has 0 unspecified atom stereocenters. The number of aliphatic hydroxyl groups excluding tert-OH is 1. The molecule has 2 rings (SSSR count). The van der Waals surface area contributed by atoms with Crippen LogP contribution in [0.3, 0.4) is 0 Å². The molecule has 0 aliphatic carbocycles. The topological polar surface area (TPSA) is 49.8 Å². The van der Waals surface area contributed by atoms with Crippen molar-refractivity contribution in [3.8, 4) is 0 Å². The number of hydrogen-bond acceptors (Lipinski definition) is 4. The first kappa shape index (κ1) is 12.3. The first-order chi connectivity index (χ1) is 8.17. The average molecular weight is 237 g/mol. The molecule has 1 fully saturated rings. The maximum atomic E-state index is 11.7. The molecule has 0 radical (unpaired) electrons. The Labute approximate surface area is 102 Å². The van der Waals surface area contributed by atoms with E-state index in [-0.39, 0.29) is 24.7 Å². The number of nitrogens with zero attached hydrogens (tertiary/aromatic N) is 1. The van der Waals surface area contributed by atoms with E-state index in [0.29, 0.717) is 5.57 Å². The smallest absolute Gasteiger partial charge is 0.333 e. The van der Waals surface area contributed by atoms with Crippen LogP contribution in [-0.2, 0) is 9.53 Å². The number of rotatable bonds is 3. The normalized spacial score (nSPS) is 29.1. The van der Waals surface area contributed by atoms with E-state index in [1.165, 1.54) is 0 Å². The Morgan fingerprint density at radius 1 is 1.71 bits per heavy atom. The Balaban J connectivity index is 2.03. The van der Waals surface area contributed by atoms with Gasteiger partial charge < -0.3 is 9.84 Å². The molecular formula is C13H19NO3. The van der Waals surface area contributed by atoms with Crippen LogP contribution in [0, 0.1) is 0 Å². The average Bonchev–Trinajstić information content (AvgIpc) is 2.90. The monoisotopic (exact) mass is 237 g/mol. The predicted molar refractivity (Wildman–Crippen MR) is 64.5 cm³/mol. The standard InChI is InChI=1S/C13H19NO3/c1-3-9(2)13(16)17-11-5-7-14-6-4-10(8-15)12(11)14/h3-4,11-12,15H,5-8H2,1-2H3/b9-3+/t11-,12+/m0/s1. The van der Waals surface area contributed by atoms with Gasteiger partial charge in [-0.1, -0.05) is 12.2 Å². The van der Waals surface area contributed by atoms with E-state index < -0.39 is 0 Å². The van der Waals surface area contributed by atoms with E-state index in [9.17, 15) is 9.90 Å². The van der Waals surface area contributed by atoms with Gasteiger partial charge in [-0.25, -0.2) is 4.79 Å². The van der Waals surface area contributed by atoms with Crippen LogP contribution in [0.4, 0.5) is 0 Å². The van der Waals surface area contributed by atoms with E-state index in [4.69, 9.17) is 4.74 Å². The van der Waals surface area contributed by atoms with Gasteiger partial charge in [-0.15, -0.1) is 0 Å². The van der Waals surface area contributed by atoms with Crippen LogP contribution < -0.4 is 0 Å². The summed E-state index contributed by atoms with van der Waals surface area (Å²) >= 11 is 0. The molecule has 2 aliphatic rings. The van der Waals surface area contributed by atoms with Gasteiger partial charge in [-0.2, -0.15) is 0 Å². The Morgan fingerprint density at radius 3 is 3.12 bits per heavy atom. The third kappa shape index (κ3) is 2.28. The van der Waals surface area contributed by atoms with Crippen molar-refractivity contribution in [3.63, 3.8) is 0 Å². The Kier molecular flexibility index (Phi) is 3.64. The van der Waals surface area contributed by atoms with E-state index in [2.05, 4.69) is 4.90 Å². The molecule has 1 N–H and O–H groups in total. The van der Waals surface area contributed by atoms with Crippen LogP contribution >= 0.6 is 0 Å². The summed E-state index contributed by atoms with van der Waals surface area (Å²) in [6.07, 6.45) is 4.53. The second kappa shape index (κ2) is 5.02. The van der Waals surface area contributed by atoms with Crippen LogP contribution in [0.5, 0.6) is 0 Å². The molecule has 1 saturated heterocycles. The lowest BCUT2D eigenvalue weighted by atomic mass is 10.1.